The van der Waals surface area contributed by atoms with Gasteiger partial charge in [0.25, 0.3) is 0 Å². The Balaban J connectivity index is 2.83. The summed E-state index contributed by atoms with van der Waals surface area (Å²) in [5, 5.41) is 3.70. The van der Waals surface area contributed by atoms with Crippen molar-refractivity contribution >= 4 is 17.7 Å². The van der Waals surface area contributed by atoms with Crippen molar-refractivity contribution in [3.05, 3.63) is 34.6 Å². The molecule has 10 heavy (non-hydrogen) atoms. The van der Waals surface area contributed by atoms with E-state index in [9.17, 15) is 4.79 Å². The third-order valence-corrected chi connectivity index (χ3v) is 1.65. The summed E-state index contributed by atoms with van der Waals surface area (Å²) < 4.78 is 0. The molecule has 3 heteroatoms. The number of rotatable bonds is 1. The molecule has 0 fully saturated rings. The van der Waals surface area contributed by atoms with E-state index in [0.717, 1.165) is 0 Å². The fourth-order valence-electron chi connectivity index (χ4n) is 0.566. The lowest BCUT2D eigenvalue weighted by Gasteiger charge is -1.89. The molecule has 0 aromatic heterocycles. The lowest BCUT2D eigenvalue weighted by molar-refractivity contribution is -0.114. The van der Waals surface area contributed by atoms with E-state index in [2.05, 4.69) is 0 Å². The van der Waals surface area contributed by atoms with Crippen LogP contribution in [0.25, 0.3) is 0 Å². The van der Waals surface area contributed by atoms with Crippen molar-refractivity contribution < 1.29 is 4.79 Å². The first-order chi connectivity index (χ1) is 4.80. The molecule has 1 amide bonds. The monoisotopic (exact) mass is 153 g/mol. The van der Waals surface area contributed by atoms with E-state index >= 15 is 0 Å². The minimum Gasteiger partial charge on any atom is -0.366 e. The van der Waals surface area contributed by atoms with Gasteiger partial charge >= 0.3 is 0 Å². The van der Waals surface area contributed by atoms with Crippen molar-refractivity contribution in [2.75, 3.05) is 0 Å². The summed E-state index contributed by atoms with van der Waals surface area (Å²) in [6.45, 7) is 0. The third kappa shape index (κ3) is 1.77. The van der Waals surface area contributed by atoms with Crippen LogP contribution in [-0.4, -0.2) is 5.91 Å². The number of carbonyl (C=O) groups is 1. The molecule has 1 rings (SSSR count). The summed E-state index contributed by atoms with van der Waals surface area (Å²) in [4.78, 5) is 10.6. The van der Waals surface area contributed by atoms with Gasteiger partial charge in [-0.15, -0.1) is 11.8 Å². The Morgan fingerprint density at radius 2 is 2.30 bits per heavy atom. The molecule has 1 aliphatic heterocycles. The largest absolute Gasteiger partial charge is 0.366 e. The van der Waals surface area contributed by atoms with Crippen LogP contribution in [0.3, 0.4) is 0 Å². The average molecular weight is 153 g/mol. The maximum Gasteiger partial charge on any atom is 0.248 e. The average Bonchev–Trinajstić information content (AvgIpc) is 2.12. The maximum absolute atomic E-state index is 10.6. The highest BCUT2D eigenvalue weighted by molar-refractivity contribution is 8.04. The normalized spacial score (nSPS) is 16.2. The van der Waals surface area contributed by atoms with Crippen LogP contribution in [0.15, 0.2) is 34.6 Å². The van der Waals surface area contributed by atoms with Crippen molar-refractivity contribution in [2.45, 2.75) is 0 Å². The van der Waals surface area contributed by atoms with Crippen molar-refractivity contribution in [1.29, 1.82) is 0 Å². The number of carbonyl (C=O) groups excluding carboxylic acids is 1. The molecule has 0 saturated carbocycles. The number of hydrogen-bond acceptors (Lipinski definition) is 2. The first-order valence-corrected chi connectivity index (χ1v) is 3.73. The highest BCUT2D eigenvalue weighted by atomic mass is 32.2. The van der Waals surface area contributed by atoms with Gasteiger partial charge in [-0.05, 0) is 23.0 Å². The molecule has 2 N–H and O–H groups in total. The van der Waals surface area contributed by atoms with Gasteiger partial charge in [0.15, 0.2) is 0 Å². The van der Waals surface area contributed by atoms with Gasteiger partial charge in [0.2, 0.25) is 5.91 Å². The van der Waals surface area contributed by atoms with Gasteiger partial charge in [-0.1, -0.05) is 6.08 Å². The van der Waals surface area contributed by atoms with Crippen LogP contribution in [0, 0.1) is 0 Å². The number of amides is 1. The van der Waals surface area contributed by atoms with Gasteiger partial charge in [-0.25, -0.2) is 0 Å². The van der Waals surface area contributed by atoms with E-state index in [1.165, 1.54) is 11.8 Å². The number of thioether (sulfide) groups is 1. The predicted molar refractivity (Wildman–Crippen MR) is 43.1 cm³/mol. The first-order valence-electron chi connectivity index (χ1n) is 2.79. The zero-order valence-electron chi connectivity index (χ0n) is 5.28. The molecule has 52 valence electrons. The van der Waals surface area contributed by atoms with E-state index in [-0.39, 0.29) is 5.91 Å². The summed E-state index contributed by atoms with van der Waals surface area (Å²) in [5.74, 6) is -0.386. The van der Waals surface area contributed by atoms with Crippen molar-refractivity contribution in [3.8, 4) is 0 Å². The fourth-order valence-corrected chi connectivity index (χ4v) is 1.05. The fraction of sp³-hybridized carbons (Fsp3) is 0. The Labute approximate surface area is 63.5 Å². The molecule has 0 spiro atoms. The van der Waals surface area contributed by atoms with Gasteiger partial charge in [0, 0.05) is 5.57 Å². The zero-order valence-corrected chi connectivity index (χ0v) is 6.10. The molecule has 2 nitrogen and oxygen atoms in total. The van der Waals surface area contributed by atoms with Crippen LogP contribution in [0.1, 0.15) is 0 Å². The molecule has 1 heterocycles. The van der Waals surface area contributed by atoms with Crippen LogP contribution in [0.4, 0.5) is 0 Å². The van der Waals surface area contributed by atoms with Crippen LogP contribution in [0.2, 0.25) is 0 Å². The second kappa shape index (κ2) is 3.27. The highest BCUT2D eigenvalue weighted by Crippen LogP contribution is 2.11. The molecule has 0 bridgehead atoms. The quantitative estimate of drug-likeness (QED) is 0.614. The predicted octanol–water partition coefficient (Wildman–Crippen LogP) is 1.17. The van der Waals surface area contributed by atoms with Crippen LogP contribution < -0.4 is 5.73 Å². The van der Waals surface area contributed by atoms with Gasteiger partial charge in [0.1, 0.15) is 0 Å². The second-order valence-corrected chi connectivity index (χ2v) is 2.57. The van der Waals surface area contributed by atoms with Gasteiger partial charge in [-0.3, -0.25) is 4.79 Å². The van der Waals surface area contributed by atoms with Gasteiger partial charge in [-0.2, -0.15) is 0 Å². The standard InChI is InChI=1S/C7H7NOS/c8-7(9)6-2-1-4-10-5-3-6/h1-5H,(H2,8,9). The molecule has 0 aliphatic carbocycles. The molecule has 1 aliphatic rings. The van der Waals surface area contributed by atoms with Crippen molar-refractivity contribution in [2.24, 2.45) is 5.73 Å². The molecular weight excluding hydrogens is 146 g/mol. The topological polar surface area (TPSA) is 43.1 Å². The highest BCUT2D eigenvalue weighted by Gasteiger charge is 1.98. The summed E-state index contributed by atoms with van der Waals surface area (Å²) in [5.41, 5.74) is 5.58. The van der Waals surface area contributed by atoms with Crippen molar-refractivity contribution in [3.63, 3.8) is 0 Å². The van der Waals surface area contributed by atoms with Crippen LogP contribution in [0.5, 0.6) is 0 Å². The summed E-state index contributed by atoms with van der Waals surface area (Å²) in [6.07, 6.45) is 5.19. The number of hydrogen-bond donors (Lipinski definition) is 1. The molecule has 0 saturated heterocycles. The van der Waals surface area contributed by atoms with Crippen LogP contribution in [-0.2, 0) is 4.79 Å². The number of allylic oxidation sites excluding steroid dienone is 2. The second-order valence-electron chi connectivity index (χ2n) is 1.75. The lowest BCUT2D eigenvalue weighted by Crippen LogP contribution is -2.11. The van der Waals surface area contributed by atoms with Crippen LogP contribution >= 0.6 is 11.8 Å². The lowest BCUT2D eigenvalue weighted by atomic mass is 10.2. The smallest absolute Gasteiger partial charge is 0.248 e. The minimum atomic E-state index is -0.386. The van der Waals surface area contributed by atoms with E-state index in [4.69, 9.17) is 5.73 Å². The zero-order chi connectivity index (χ0) is 7.40. The maximum atomic E-state index is 10.6. The van der Waals surface area contributed by atoms with E-state index in [1.54, 1.807) is 18.2 Å². The molecule has 0 unspecified atom stereocenters. The third-order valence-electron chi connectivity index (χ3n) is 1.04. The summed E-state index contributed by atoms with van der Waals surface area (Å²) >= 11 is 1.52. The van der Waals surface area contributed by atoms with Gasteiger partial charge in [0.05, 0.1) is 0 Å². The van der Waals surface area contributed by atoms with E-state index in [1.807, 2.05) is 10.8 Å². The molecular formula is C7H7NOS. The molecule has 0 atom stereocenters. The first kappa shape index (κ1) is 7.15. The molecule has 0 aromatic carbocycles. The Hall–Kier alpha value is -0.960. The minimum absolute atomic E-state index is 0.386. The Kier molecular flexibility index (Phi) is 2.34. The van der Waals surface area contributed by atoms with Crippen molar-refractivity contribution in [1.82, 2.24) is 0 Å². The number of primary amides is 1. The molecule has 0 aromatic rings. The summed E-state index contributed by atoms with van der Waals surface area (Å²) in [7, 11) is 0. The van der Waals surface area contributed by atoms with E-state index < -0.39 is 0 Å². The van der Waals surface area contributed by atoms with Gasteiger partial charge < -0.3 is 5.73 Å². The summed E-state index contributed by atoms with van der Waals surface area (Å²) in [6, 6.07) is 0. The SMILES string of the molecule is NC(=O)C1=CC=CSC=C1. The van der Waals surface area contributed by atoms with E-state index in [0.29, 0.717) is 5.57 Å². The molecule has 0 radical (unpaired) electrons. The Morgan fingerprint density at radius 3 is 3.00 bits per heavy atom. The number of nitrogens with two attached hydrogens (primary N) is 1. The Morgan fingerprint density at radius 1 is 1.50 bits per heavy atom. The Bertz CT molecular complexity index is 228.